The summed E-state index contributed by atoms with van der Waals surface area (Å²) < 4.78 is 6.57. The maximum atomic E-state index is 10.0. The Morgan fingerprint density at radius 1 is 1.23 bits per heavy atom. The van der Waals surface area contributed by atoms with Crippen molar-refractivity contribution in [1.29, 1.82) is 0 Å². The van der Waals surface area contributed by atoms with E-state index >= 15 is 0 Å². The molecule has 0 spiro atoms. The van der Waals surface area contributed by atoms with E-state index in [0.717, 1.165) is 36.3 Å². The smallest absolute Gasteiger partial charge is 0.134 e. The monoisotopic (exact) mass is 420 g/mol. The van der Waals surface area contributed by atoms with Gasteiger partial charge < -0.3 is 9.84 Å². The van der Waals surface area contributed by atoms with Crippen LogP contribution in [0.3, 0.4) is 0 Å². The van der Waals surface area contributed by atoms with Gasteiger partial charge in [-0.05, 0) is 59.8 Å². The van der Waals surface area contributed by atoms with Gasteiger partial charge in [0.05, 0.1) is 6.61 Å². The van der Waals surface area contributed by atoms with Crippen molar-refractivity contribution < 1.29 is 9.84 Å². The van der Waals surface area contributed by atoms with E-state index in [1.807, 2.05) is 12.2 Å². The molecule has 2 nitrogen and oxygen atoms in total. The molecule has 0 aromatic heterocycles. The van der Waals surface area contributed by atoms with E-state index in [1.54, 1.807) is 0 Å². The molecule has 0 bridgehead atoms. The van der Waals surface area contributed by atoms with Crippen molar-refractivity contribution in [3.05, 3.63) is 76.6 Å². The molecule has 1 heterocycles. The summed E-state index contributed by atoms with van der Waals surface area (Å²) in [6, 6.07) is 2.32. The van der Waals surface area contributed by atoms with Crippen LogP contribution in [0.1, 0.15) is 75.6 Å². The van der Waals surface area contributed by atoms with Crippen LogP contribution < -0.4 is 4.74 Å². The summed E-state index contributed by atoms with van der Waals surface area (Å²) in [6.07, 6.45) is 17.2. The van der Waals surface area contributed by atoms with Crippen molar-refractivity contribution in [3.63, 3.8) is 0 Å². The number of aliphatic hydroxyl groups is 1. The molecule has 0 atom stereocenters. The second-order valence-electron chi connectivity index (χ2n) is 9.56. The van der Waals surface area contributed by atoms with Gasteiger partial charge in [0.2, 0.25) is 0 Å². The number of rotatable bonds is 7. The summed E-state index contributed by atoms with van der Waals surface area (Å²) >= 11 is 0. The molecule has 31 heavy (non-hydrogen) atoms. The molecule has 0 saturated carbocycles. The molecule has 0 saturated heterocycles. The number of hydrogen-bond acceptors (Lipinski definition) is 2. The highest BCUT2D eigenvalue weighted by atomic mass is 16.5. The lowest BCUT2D eigenvalue weighted by atomic mass is 9.84. The fraction of sp³-hybridized carbons (Fsp3) is 0.448. The van der Waals surface area contributed by atoms with Crippen LogP contribution in [0.15, 0.2) is 54.4 Å². The SMILES string of the molecule is C#C.C=CC/C(CO)=C1\Oc2c(cc(C(C)C)c(C)c2CC=C)C\C1=C\CC(C)(C)C. The Balaban J connectivity index is 0.00000233. The first-order valence-corrected chi connectivity index (χ1v) is 11.0. The van der Waals surface area contributed by atoms with Gasteiger partial charge in [0.15, 0.2) is 0 Å². The van der Waals surface area contributed by atoms with Gasteiger partial charge in [-0.15, -0.1) is 26.0 Å². The molecule has 1 aliphatic heterocycles. The van der Waals surface area contributed by atoms with Crippen LogP contribution in [-0.2, 0) is 12.8 Å². The van der Waals surface area contributed by atoms with E-state index in [9.17, 15) is 5.11 Å². The summed E-state index contributed by atoms with van der Waals surface area (Å²) in [5, 5.41) is 10.0. The van der Waals surface area contributed by atoms with Gasteiger partial charge in [-0.2, -0.15) is 0 Å². The molecule has 1 N–H and O–H groups in total. The summed E-state index contributed by atoms with van der Waals surface area (Å²) in [5.41, 5.74) is 7.36. The zero-order valence-electron chi connectivity index (χ0n) is 20.3. The number of aliphatic hydroxyl groups excluding tert-OH is 1. The average Bonchev–Trinajstić information content (AvgIpc) is 2.72. The third-order valence-corrected chi connectivity index (χ3v) is 5.49. The van der Waals surface area contributed by atoms with Crippen LogP contribution >= 0.6 is 0 Å². The van der Waals surface area contributed by atoms with E-state index in [1.165, 1.54) is 27.8 Å². The third-order valence-electron chi connectivity index (χ3n) is 5.49. The Morgan fingerprint density at radius 2 is 1.87 bits per heavy atom. The zero-order valence-corrected chi connectivity index (χ0v) is 20.3. The molecule has 0 fully saturated rings. The second-order valence-corrected chi connectivity index (χ2v) is 9.56. The zero-order chi connectivity index (χ0) is 23.8. The molecular formula is C29H40O2. The minimum absolute atomic E-state index is 0.0244. The highest BCUT2D eigenvalue weighted by Gasteiger charge is 2.27. The Bertz CT molecular complexity index is 870. The highest BCUT2D eigenvalue weighted by Crippen LogP contribution is 2.42. The largest absolute Gasteiger partial charge is 0.456 e. The van der Waals surface area contributed by atoms with Crippen LogP contribution in [-0.4, -0.2) is 11.7 Å². The third kappa shape index (κ3) is 6.74. The van der Waals surface area contributed by atoms with Crippen LogP contribution in [0.25, 0.3) is 0 Å². The molecule has 0 radical (unpaired) electrons. The number of hydrogen-bond donors (Lipinski definition) is 1. The van der Waals surface area contributed by atoms with Crippen LogP contribution in [0, 0.1) is 25.2 Å². The molecular weight excluding hydrogens is 380 g/mol. The Morgan fingerprint density at radius 3 is 2.35 bits per heavy atom. The molecule has 0 unspecified atom stereocenters. The molecule has 168 valence electrons. The van der Waals surface area contributed by atoms with E-state index in [2.05, 4.69) is 79.7 Å². The van der Waals surface area contributed by atoms with Crippen molar-refractivity contribution in [3.8, 4) is 18.6 Å². The Labute approximate surface area is 190 Å². The van der Waals surface area contributed by atoms with Crippen molar-refractivity contribution >= 4 is 0 Å². The molecule has 0 aliphatic carbocycles. The first-order valence-electron chi connectivity index (χ1n) is 11.0. The quantitative estimate of drug-likeness (QED) is 0.373. The lowest BCUT2D eigenvalue weighted by Crippen LogP contribution is -2.18. The van der Waals surface area contributed by atoms with Crippen LogP contribution in [0.2, 0.25) is 0 Å². The lowest BCUT2D eigenvalue weighted by molar-refractivity contribution is 0.313. The van der Waals surface area contributed by atoms with Gasteiger partial charge in [-0.1, -0.05) is 58.9 Å². The minimum Gasteiger partial charge on any atom is -0.456 e. The maximum Gasteiger partial charge on any atom is 0.134 e. The first kappa shape index (κ1) is 26.5. The molecule has 1 aromatic rings. The summed E-state index contributed by atoms with van der Waals surface area (Å²) in [6.45, 7) is 21.2. The highest BCUT2D eigenvalue weighted by molar-refractivity contribution is 5.58. The van der Waals surface area contributed by atoms with E-state index < -0.39 is 0 Å². The molecule has 0 amide bonds. The predicted molar refractivity (Wildman–Crippen MR) is 134 cm³/mol. The van der Waals surface area contributed by atoms with E-state index in [0.29, 0.717) is 12.3 Å². The maximum absolute atomic E-state index is 10.0. The summed E-state index contributed by atoms with van der Waals surface area (Å²) in [5.74, 6) is 2.23. The van der Waals surface area contributed by atoms with Gasteiger partial charge in [-0.3, -0.25) is 0 Å². The first-order chi connectivity index (χ1) is 14.6. The standard InChI is InChI=1S/C27H38O2.C2H2/c1-9-11-21(17-28)25-20(13-14-27(6,7)8)15-22-16-24(18(3)4)19(5)23(12-10-2)26(22)29-25;1-2/h9-10,13,16,18,28H,1-2,11-12,14-15,17H2,3-8H3;1-2H/b20-13-,25-21+;. The fourth-order valence-electron chi connectivity index (χ4n) is 3.90. The predicted octanol–water partition coefficient (Wildman–Crippen LogP) is 7.22. The van der Waals surface area contributed by atoms with Crippen LogP contribution in [0.5, 0.6) is 5.75 Å². The van der Waals surface area contributed by atoms with Crippen molar-refractivity contribution in [1.82, 2.24) is 0 Å². The number of terminal acetylenes is 1. The molecule has 1 aliphatic rings. The van der Waals surface area contributed by atoms with Gasteiger partial charge in [0.25, 0.3) is 0 Å². The second kappa shape index (κ2) is 11.8. The summed E-state index contributed by atoms with van der Waals surface area (Å²) in [4.78, 5) is 0. The van der Waals surface area contributed by atoms with Gasteiger partial charge >= 0.3 is 0 Å². The minimum atomic E-state index is -0.0244. The van der Waals surface area contributed by atoms with E-state index in [4.69, 9.17) is 4.74 Å². The number of benzene rings is 1. The van der Waals surface area contributed by atoms with Crippen molar-refractivity contribution in [2.45, 2.75) is 73.1 Å². The normalized spacial score (nSPS) is 16.1. The number of ether oxygens (including phenoxy) is 1. The molecule has 2 rings (SSSR count). The van der Waals surface area contributed by atoms with Gasteiger partial charge in [0, 0.05) is 17.6 Å². The Hall–Kier alpha value is -2.50. The van der Waals surface area contributed by atoms with Crippen molar-refractivity contribution in [2.75, 3.05) is 6.61 Å². The average molecular weight is 421 g/mol. The topological polar surface area (TPSA) is 29.5 Å². The Kier molecular flexibility index (Phi) is 10.1. The number of allylic oxidation sites excluding steroid dienone is 4. The molecule has 2 heteroatoms. The van der Waals surface area contributed by atoms with Crippen molar-refractivity contribution in [2.24, 2.45) is 5.41 Å². The lowest BCUT2D eigenvalue weighted by Gasteiger charge is -2.30. The van der Waals surface area contributed by atoms with Gasteiger partial charge in [-0.25, -0.2) is 0 Å². The van der Waals surface area contributed by atoms with Crippen LogP contribution in [0.4, 0.5) is 0 Å². The molecule has 1 aromatic carbocycles. The van der Waals surface area contributed by atoms with Gasteiger partial charge in [0.1, 0.15) is 11.5 Å². The van der Waals surface area contributed by atoms with E-state index in [-0.39, 0.29) is 12.0 Å². The fourth-order valence-corrected chi connectivity index (χ4v) is 3.90. The number of fused-ring (bicyclic) bond motifs is 1. The summed E-state index contributed by atoms with van der Waals surface area (Å²) in [7, 11) is 0.